The number of hydrogen-bond acceptors (Lipinski definition) is 8. The highest BCUT2D eigenvalue weighted by Crippen LogP contribution is 2.25. The second-order valence-corrected chi connectivity index (χ2v) is 9.20. The number of aromatic nitrogens is 5. The van der Waals surface area contributed by atoms with Gasteiger partial charge in [-0.3, -0.25) is 0 Å². The molecule has 0 saturated heterocycles. The Labute approximate surface area is 168 Å². The van der Waals surface area contributed by atoms with Crippen LogP contribution in [-0.4, -0.2) is 23.9 Å². The van der Waals surface area contributed by atoms with Crippen molar-refractivity contribution in [1.82, 2.24) is 23.9 Å². The lowest BCUT2D eigenvalue weighted by atomic mass is 10.0. The summed E-state index contributed by atoms with van der Waals surface area (Å²) in [6, 6.07) is 2.24. The van der Waals surface area contributed by atoms with Crippen molar-refractivity contribution in [2.45, 2.75) is 78.1 Å². The largest absolute Gasteiger partial charge is 0.340 e. The molecular weight excluding hydrogens is 378 g/mol. The lowest BCUT2D eigenvalue weighted by molar-refractivity contribution is 0.383. The van der Waals surface area contributed by atoms with Crippen molar-refractivity contribution in [3.8, 4) is 0 Å². The van der Waals surface area contributed by atoms with E-state index >= 15 is 0 Å². The lowest BCUT2D eigenvalue weighted by Crippen LogP contribution is -2.00. The van der Waals surface area contributed by atoms with Crippen molar-refractivity contribution >= 4 is 23.1 Å². The Balaban J connectivity index is 1.48. The highest BCUT2D eigenvalue weighted by Gasteiger charge is 2.16. The zero-order chi connectivity index (χ0) is 19.4. The minimum Gasteiger partial charge on any atom is -0.340 e. The highest BCUT2D eigenvalue weighted by molar-refractivity contribution is 7.05. The zero-order valence-electron chi connectivity index (χ0n) is 16.6. The van der Waals surface area contributed by atoms with Crippen LogP contribution in [0.3, 0.4) is 0 Å². The van der Waals surface area contributed by atoms with E-state index in [0.29, 0.717) is 17.7 Å². The predicted molar refractivity (Wildman–Crippen MR) is 109 cm³/mol. The summed E-state index contributed by atoms with van der Waals surface area (Å²) in [5.41, 5.74) is 1.20. The molecule has 0 radical (unpaired) electrons. The summed E-state index contributed by atoms with van der Waals surface area (Å²) < 4.78 is 14.2. The van der Waals surface area contributed by atoms with Crippen LogP contribution in [0.4, 0.5) is 0 Å². The molecule has 3 aromatic rings. The molecule has 8 heteroatoms. The highest BCUT2D eigenvalue weighted by atomic mass is 32.1. The molecule has 0 amide bonds. The third kappa shape index (κ3) is 5.42. The van der Waals surface area contributed by atoms with Gasteiger partial charge in [-0.05, 0) is 54.3 Å². The number of hydrogen-bond donors (Lipinski definition) is 0. The maximum atomic E-state index is 5.06. The van der Waals surface area contributed by atoms with E-state index in [9.17, 15) is 0 Å². The van der Waals surface area contributed by atoms with Crippen LogP contribution in [0.25, 0.3) is 0 Å². The molecule has 0 saturated carbocycles. The van der Waals surface area contributed by atoms with Gasteiger partial charge in [-0.25, -0.2) is 4.98 Å². The summed E-state index contributed by atoms with van der Waals surface area (Å²) in [7, 11) is 0. The second kappa shape index (κ2) is 9.01. The summed E-state index contributed by atoms with van der Waals surface area (Å²) >= 11 is 3.14. The van der Waals surface area contributed by atoms with Crippen LogP contribution in [0.5, 0.6) is 0 Å². The average molecular weight is 406 g/mol. The first-order valence-electron chi connectivity index (χ1n) is 9.50. The molecule has 2 atom stereocenters. The van der Waals surface area contributed by atoms with Gasteiger partial charge in [0.1, 0.15) is 10.8 Å². The topological polar surface area (TPSA) is 77.6 Å². The fraction of sp³-hybridized carbons (Fsp3) is 0.632. The molecule has 0 spiro atoms. The van der Waals surface area contributed by atoms with E-state index in [1.54, 1.807) is 11.5 Å². The monoisotopic (exact) mass is 405 g/mol. The molecule has 3 heterocycles. The Morgan fingerprint density at radius 3 is 2.33 bits per heavy atom. The van der Waals surface area contributed by atoms with Gasteiger partial charge in [0.05, 0.1) is 5.69 Å². The summed E-state index contributed by atoms with van der Waals surface area (Å²) in [5.74, 6) is 3.47. The maximum Gasteiger partial charge on any atom is 0.223 e. The fourth-order valence-electron chi connectivity index (χ4n) is 2.76. The van der Waals surface area contributed by atoms with Crippen LogP contribution >= 0.6 is 23.1 Å². The molecule has 2 unspecified atom stereocenters. The molecular formula is C19H27N5OS2. The van der Waals surface area contributed by atoms with Crippen molar-refractivity contribution in [3.05, 3.63) is 39.2 Å². The van der Waals surface area contributed by atoms with E-state index in [0.717, 1.165) is 42.3 Å². The molecule has 0 aliphatic heterocycles. The van der Waals surface area contributed by atoms with E-state index in [1.165, 1.54) is 22.1 Å². The fourth-order valence-corrected chi connectivity index (χ4v) is 4.39. The van der Waals surface area contributed by atoms with Crippen LogP contribution in [0.1, 0.15) is 91.4 Å². The van der Waals surface area contributed by atoms with Gasteiger partial charge < -0.3 is 4.52 Å². The van der Waals surface area contributed by atoms with Gasteiger partial charge in [0, 0.05) is 30.1 Å². The maximum absolute atomic E-state index is 5.06. The second-order valence-electron chi connectivity index (χ2n) is 7.47. The number of nitrogens with zero attached hydrogens (tertiary/aromatic N) is 5. The van der Waals surface area contributed by atoms with Gasteiger partial charge >= 0.3 is 0 Å². The molecule has 0 aliphatic carbocycles. The predicted octanol–water partition coefficient (Wildman–Crippen LogP) is 5.28. The summed E-state index contributed by atoms with van der Waals surface area (Å²) in [4.78, 5) is 10.4. The molecule has 0 aliphatic rings. The SMILES string of the molecule is Cc1nc(C(C)CCc2nc(C(C)CCc3cc(C(C)C)ns3)ns2)no1. The standard InChI is InChI=1S/C19H27N5OS2/c1-11(2)16-10-15(26-23-16)8-6-13(4)19-21-17(27-24-19)9-7-12(3)18-20-14(5)25-22-18/h10-13H,6-9H2,1-5H3. The van der Waals surface area contributed by atoms with Gasteiger partial charge in [-0.1, -0.05) is 32.9 Å². The number of aryl methyl sites for hydroxylation is 3. The van der Waals surface area contributed by atoms with Crippen molar-refractivity contribution in [2.75, 3.05) is 0 Å². The molecule has 3 aromatic heterocycles. The molecule has 0 N–H and O–H groups in total. The van der Waals surface area contributed by atoms with Gasteiger partial charge in [-0.15, -0.1) is 0 Å². The van der Waals surface area contributed by atoms with Gasteiger partial charge in [-0.2, -0.15) is 13.7 Å². The Morgan fingerprint density at radius 2 is 1.67 bits per heavy atom. The molecule has 6 nitrogen and oxygen atoms in total. The van der Waals surface area contributed by atoms with Gasteiger partial charge in [0.2, 0.25) is 5.89 Å². The van der Waals surface area contributed by atoms with Gasteiger partial charge in [0.15, 0.2) is 5.82 Å². The first kappa shape index (κ1) is 20.1. The molecule has 0 fully saturated rings. The van der Waals surface area contributed by atoms with Crippen LogP contribution in [0.15, 0.2) is 10.6 Å². The third-order valence-corrected chi connectivity index (χ3v) is 6.34. The smallest absolute Gasteiger partial charge is 0.223 e. The van der Waals surface area contributed by atoms with Crippen molar-refractivity contribution in [1.29, 1.82) is 0 Å². The van der Waals surface area contributed by atoms with Crippen molar-refractivity contribution in [2.24, 2.45) is 0 Å². The Morgan fingerprint density at radius 1 is 0.926 bits per heavy atom. The first-order valence-corrected chi connectivity index (χ1v) is 11.0. The van der Waals surface area contributed by atoms with Crippen LogP contribution in [0, 0.1) is 6.92 Å². The van der Waals surface area contributed by atoms with E-state index in [4.69, 9.17) is 9.51 Å². The van der Waals surface area contributed by atoms with Crippen molar-refractivity contribution < 1.29 is 4.52 Å². The third-order valence-electron chi connectivity index (χ3n) is 4.69. The normalized spacial score (nSPS) is 14.0. The van der Waals surface area contributed by atoms with E-state index in [1.807, 2.05) is 6.92 Å². The van der Waals surface area contributed by atoms with Crippen LogP contribution in [-0.2, 0) is 12.8 Å². The quantitative estimate of drug-likeness (QED) is 0.482. The molecule has 0 aromatic carbocycles. The van der Waals surface area contributed by atoms with Crippen LogP contribution in [0.2, 0.25) is 0 Å². The minimum absolute atomic E-state index is 0.258. The van der Waals surface area contributed by atoms with E-state index < -0.39 is 0 Å². The molecule has 27 heavy (non-hydrogen) atoms. The summed E-state index contributed by atoms with van der Waals surface area (Å²) in [6.45, 7) is 10.5. The average Bonchev–Trinajstić information content (AvgIpc) is 3.37. The Bertz CT molecular complexity index is 854. The van der Waals surface area contributed by atoms with E-state index in [-0.39, 0.29) is 5.92 Å². The van der Waals surface area contributed by atoms with Crippen LogP contribution < -0.4 is 0 Å². The summed E-state index contributed by atoms with van der Waals surface area (Å²) in [6.07, 6.45) is 3.93. The van der Waals surface area contributed by atoms with E-state index in [2.05, 4.69) is 52.6 Å². The summed E-state index contributed by atoms with van der Waals surface area (Å²) in [5, 5.41) is 5.09. The van der Waals surface area contributed by atoms with Gasteiger partial charge in [0.25, 0.3) is 0 Å². The zero-order valence-corrected chi connectivity index (χ0v) is 18.2. The molecule has 0 bridgehead atoms. The molecule has 146 valence electrons. The molecule has 3 rings (SSSR count). The minimum atomic E-state index is 0.258. The lowest BCUT2D eigenvalue weighted by Gasteiger charge is -2.06. The Kier molecular flexibility index (Phi) is 6.70. The van der Waals surface area contributed by atoms with Crippen molar-refractivity contribution in [3.63, 3.8) is 0 Å². The number of rotatable bonds is 9. The Hall–Kier alpha value is -1.67. The first-order chi connectivity index (χ1) is 12.9.